The van der Waals surface area contributed by atoms with Crippen LogP contribution < -0.4 is 5.32 Å². The molecule has 0 bridgehead atoms. The van der Waals surface area contributed by atoms with Crippen molar-refractivity contribution in [3.8, 4) is 0 Å². The maximum atomic E-state index is 11.1. The number of methoxy groups -OCH3 is 1. The van der Waals surface area contributed by atoms with Crippen LogP contribution in [0.2, 0.25) is 0 Å². The Hall–Kier alpha value is -2.26. The lowest BCUT2D eigenvalue weighted by Gasteiger charge is -2.36. The molecule has 1 fully saturated rings. The van der Waals surface area contributed by atoms with E-state index >= 15 is 0 Å². The minimum atomic E-state index is -0.661. The van der Waals surface area contributed by atoms with E-state index in [1.165, 1.54) is 12.1 Å². The molecule has 1 aromatic rings. The van der Waals surface area contributed by atoms with Crippen molar-refractivity contribution in [1.82, 2.24) is 0 Å². The van der Waals surface area contributed by atoms with E-state index in [1.807, 2.05) is 0 Å². The number of nitro groups is 2. The Morgan fingerprint density at radius 2 is 1.95 bits per heavy atom. The normalized spacial score (nSPS) is 17.0. The van der Waals surface area contributed by atoms with Gasteiger partial charge in [-0.05, 0) is 6.07 Å². The topological polar surface area (TPSA) is 117 Å². The highest BCUT2D eigenvalue weighted by atomic mass is 16.6. The van der Waals surface area contributed by atoms with Crippen LogP contribution in [0.25, 0.3) is 0 Å². The molecular weight excluding hydrogens is 294 g/mol. The van der Waals surface area contributed by atoms with Gasteiger partial charge >= 0.3 is 0 Å². The molecule has 120 valence electrons. The van der Waals surface area contributed by atoms with Crippen molar-refractivity contribution in [2.45, 2.75) is 18.4 Å². The minimum absolute atomic E-state index is 0.235. The maximum Gasteiger partial charge on any atom is 0.299 e. The van der Waals surface area contributed by atoms with Gasteiger partial charge in [-0.2, -0.15) is 0 Å². The first-order valence-corrected chi connectivity index (χ1v) is 6.77. The van der Waals surface area contributed by atoms with Crippen LogP contribution in [0.5, 0.6) is 0 Å². The van der Waals surface area contributed by atoms with E-state index in [4.69, 9.17) is 9.47 Å². The fraction of sp³-hybridized carbons (Fsp3) is 0.538. The summed E-state index contributed by atoms with van der Waals surface area (Å²) in [4.78, 5) is 20.5. The lowest BCUT2D eigenvalue weighted by Crippen LogP contribution is -2.44. The van der Waals surface area contributed by atoms with Gasteiger partial charge < -0.3 is 14.8 Å². The zero-order chi connectivity index (χ0) is 16.2. The lowest BCUT2D eigenvalue weighted by molar-refractivity contribution is -0.393. The molecule has 2 rings (SSSR count). The molecule has 1 aromatic carbocycles. The molecule has 0 aliphatic carbocycles. The quantitative estimate of drug-likeness (QED) is 0.631. The molecule has 0 radical (unpaired) electrons. The molecule has 9 heteroatoms. The maximum absolute atomic E-state index is 11.1. The summed E-state index contributed by atoms with van der Waals surface area (Å²) >= 11 is 0. The Morgan fingerprint density at radius 3 is 2.50 bits per heavy atom. The van der Waals surface area contributed by atoms with Crippen LogP contribution >= 0.6 is 0 Å². The van der Waals surface area contributed by atoms with Crippen molar-refractivity contribution in [2.24, 2.45) is 0 Å². The fourth-order valence-corrected chi connectivity index (χ4v) is 2.39. The van der Waals surface area contributed by atoms with Crippen molar-refractivity contribution in [1.29, 1.82) is 0 Å². The highest BCUT2D eigenvalue weighted by molar-refractivity contribution is 5.65. The predicted molar refractivity (Wildman–Crippen MR) is 78.0 cm³/mol. The SMILES string of the molecule is COC1(CNc2ccc([N+](=O)[O-])cc2[N+](=O)[O-])CCOCC1. The third-order valence-corrected chi connectivity index (χ3v) is 3.83. The summed E-state index contributed by atoms with van der Waals surface area (Å²) < 4.78 is 10.8. The molecule has 22 heavy (non-hydrogen) atoms. The first-order chi connectivity index (χ1) is 10.5. The van der Waals surface area contributed by atoms with Gasteiger partial charge in [-0.25, -0.2) is 0 Å². The Bertz CT molecular complexity index is 571. The van der Waals surface area contributed by atoms with E-state index in [0.29, 0.717) is 32.6 Å². The van der Waals surface area contributed by atoms with Gasteiger partial charge in [-0.3, -0.25) is 20.2 Å². The van der Waals surface area contributed by atoms with Crippen LogP contribution in [-0.4, -0.2) is 42.3 Å². The number of nitro benzene ring substituents is 2. The Labute approximate surface area is 126 Å². The number of nitrogens with zero attached hydrogens (tertiary/aromatic N) is 2. The van der Waals surface area contributed by atoms with Gasteiger partial charge in [-0.15, -0.1) is 0 Å². The first-order valence-electron chi connectivity index (χ1n) is 6.77. The number of hydrogen-bond acceptors (Lipinski definition) is 7. The summed E-state index contributed by atoms with van der Waals surface area (Å²) in [7, 11) is 1.59. The van der Waals surface area contributed by atoms with E-state index in [9.17, 15) is 20.2 Å². The first kappa shape index (κ1) is 16.1. The minimum Gasteiger partial charge on any atom is -0.381 e. The van der Waals surface area contributed by atoms with Gasteiger partial charge in [0.05, 0.1) is 21.5 Å². The van der Waals surface area contributed by atoms with Crippen LogP contribution in [0.15, 0.2) is 18.2 Å². The Kier molecular flexibility index (Phi) is 4.88. The van der Waals surface area contributed by atoms with Crippen molar-refractivity contribution in [2.75, 3.05) is 32.2 Å². The molecule has 1 aliphatic rings. The number of benzene rings is 1. The van der Waals surface area contributed by atoms with Crippen LogP contribution in [0, 0.1) is 20.2 Å². The number of anilines is 1. The second-order valence-corrected chi connectivity index (χ2v) is 5.07. The highest BCUT2D eigenvalue weighted by Gasteiger charge is 2.33. The number of non-ortho nitro benzene ring substituents is 1. The predicted octanol–water partition coefficient (Wildman–Crippen LogP) is 2.11. The van der Waals surface area contributed by atoms with Gasteiger partial charge in [0, 0.05) is 45.8 Å². The summed E-state index contributed by atoms with van der Waals surface area (Å²) in [5.74, 6) is 0. The average Bonchev–Trinajstić information content (AvgIpc) is 2.53. The van der Waals surface area contributed by atoms with E-state index in [0.717, 1.165) is 6.07 Å². The molecule has 0 amide bonds. The van der Waals surface area contributed by atoms with E-state index < -0.39 is 15.4 Å². The smallest absolute Gasteiger partial charge is 0.299 e. The zero-order valence-electron chi connectivity index (χ0n) is 12.1. The molecule has 1 aliphatic heterocycles. The molecule has 1 N–H and O–H groups in total. The molecular formula is C13H17N3O6. The summed E-state index contributed by atoms with van der Waals surface area (Å²) in [6, 6.07) is 3.53. The molecule has 0 aromatic heterocycles. The van der Waals surface area contributed by atoms with Crippen molar-refractivity contribution in [3.63, 3.8) is 0 Å². The van der Waals surface area contributed by atoms with Crippen LogP contribution in [0.4, 0.5) is 17.1 Å². The van der Waals surface area contributed by atoms with Crippen molar-refractivity contribution in [3.05, 3.63) is 38.4 Å². The van der Waals surface area contributed by atoms with Gasteiger partial charge in [0.25, 0.3) is 11.4 Å². The molecule has 0 atom stereocenters. The fourth-order valence-electron chi connectivity index (χ4n) is 2.39. The Balaban J connectivity index is 2.18. The van der Waals surface area contributed by atoms with Gasteiger partial charge in [-0.1, -0.05) is 0 Å². The molecule has 1 saturated heterocycles. The summed E-state index contributed by atoms with van der Waals surface area (Å²) in [5, 5.41) is 24.8. The van der Waals surface area contributed by atoms with E-state index in [-0.39, 0.29) is 17.1 Å². The molecule has 0 unspecified atom stereocenters. The van der Waals surface area contributed by atoms with Gasteiger partial charge in [0.1, 0.15) is 5.69 Å². The summed E-state index contributed by atoms with van der Waals surface area (Å²) in [6.45, 7) is 1.50. The zero-order valence-corrected chi connectivity index (χ0v) is 12.1. The standard InChI is InChI=1S/C13H17N3O6/c1-21-13(4-6-22-7-5-13)9-14-11-3-2-10(15(17)18)8-12(11)16(19)20/h2-3,8,14H,4-7,9H2,1H3. The molecule has 1 heterocycles. The number of rotatable bonds is 6. The van der Waals surface area contributed by atoms with Gasteiger partial charge in [0.2, 0.25) is 0 Å². The largest absolute Gasteiger partial charge is 0.381 e. The van der Waals surface area contributed by atoms with Crippen molar-refractivity contribution < 1.29 is 19.3 Å². The van der Waals surface area contributed by atoms with E-state index in [2.05, 4.69) is 5.32 Å². The monoisotopic (exact) mass is 311 g/mol. The van der Waals surface area contributed by atoms with Crippen LogP contribution in [0.1, 0.15) is 12.8 Å². The molecule has 9 nitrogen and oxygen atoms in total. The second-order valence-electron chi connectivity index (χ2n) is 5.07. The third kappa shape index (κ3) is 3.49. The molecule has 0 saturated carbocycles. The second kappa shape index (κ2) is 6.67. The third-order valence-electron chi connectivity index (χ3n) is 3.83. The average molecular weight is 311 g/mol. The van der Waals surface area contributed by atoms with Crippen molar-refractivity contribution >= 4 is 17.1 Å². The summed E-state index contributed by atoms with van der Waals surface area (Å²) in [6.07, 6.45) is 1.36. The summed E-state index contributed by atoms with van der Waals surface area (Å²) in [5.41, 5.74) is -0.857. The molecule has 0 spiro atoms. The lowest BCUT2D eigenvalue weighted by atomic mass is 9.94. The van der Waals surface area contributed by atoms with Crippen LogP contribution in [0.3, 0.4) is 0 Å². The Morgan fingerprint density at radius 1 is 1.27 bits per heavy atom. The number of nitrogens with one attached hydrogen (secondary N) is 1. The number of hydrogen-bond donors (Lipinski definition) is 1. The van der Waals surface area contributed by atoms with E-state index in [1.54, 1.807) is 7.11 Å². The van der Waals surface area contributed by atoms with Gasteiger partial charge in [0.15, 0.2) is 0 Å². The van der Waals surface area contributed by atoms with Crippen LogP contribution in [-0.2, 0) is 9.47 Å². The number of ether oxygens (including phenoxy) is 2. The highest BCUT2D eigenvalue weighted by Crippen LogP contribution is 2.31.